The molecule has 0 atom stereocenters. The molecule has 1 aromatic carbocycles. The standard InChI is InChI=1S/C12H16F2N2O2S/c13-9-4-5-11(14)12(8-9)19(17,18)16(7-6-15)10-2-1-3-10/h4-5,8,10H,1-3,6-7,15H2. The lowest BCUT2D eigenvalue weighted by Gasteiger charge is -2.36. The largest absolute Gasteiger partial charge is 0.329 e. The smallest absolute Gasteiger partial charge is 0.246 e. The third kappa shape index (κ3) is 2.77. The molecule has 2 N–H and O–H groups in total. The van der Waals surface area contributed by atoms with Gasteiger partial charge in [-0.15, -0.1) is 0 Å². The third-order valence-electron chi connectivity index (χ3n) is 3.31. The quantitative estimate of drug-likeness (QED) is 0.893. The Bertz CT molecular complexity index is 559. The molecule has 106 valence electrons. The van der Waals surface area contributed by atoms with Crippen LogP contribution in [0.5, 0.6) is 0 Å². The normalized spacial score (nSPS) is 16.6. The molecule has 7 heteroatoms. The van der Waals surface area contributed by atoms with Crippen LogP contribution in [0.3, 0.4) is 0 Å². The van der Waals surface area contributed by atoms with Gasteiger partial charge in [-0.05, 0) is 31.0 Å². The second-order valence-corrected chi connectivity index (χ2v) is 6.42. The van der Waals surface area contributed by atoms with Gasteiger partial charge < -0.3 is 5.73 Å². The van der Waals surface area contributed by atoms with Gasteiger partial charge in [-0.1, -0.05) is 6.42 Å². The molecule has 1 aromatic rings. The Hall–Kier alpha value is -1.05. The van der Waals surface area contributed by atoms with Crippen molar-refractivity contribution in [2.24, 2.45) is 5.73 Å². The molecule has 1 aliphatic rings. The van der Waals surface area contributed by atoms with E-state index in [1.807, 2.05) is 0 Å². The molecular weight excluding hydrogens is 274 g/mol. The minimum Gasteiger partial charge on any atom is -0.329 e. The molecule has 0 amide bonds. The predicted molar refractivity (Wildman–Crippen MR) is 66.9 cm³/mol. The van der Waals surface area contributed by atoms with Crippen LogP contribution in [0.2, 0.25) is 0 Å². The van der Waals surface area contributed by atoms with Crippen molar-refractivity contribution in [1.29, 1.82) is 0 Å². The van der Waals surface area contributed by atoms with Gasteiger partial charge in [0.05, 0.1) is 0 Å². The van der Waals surface area contributed by atoms with E-state index in [9.17, 15) is 17.2 Å². The van der Waals surface area contributed by atoms with E-state index >= 15 is 0 Å². The molecule has 0 heterocycles. The molecule has 1 aliphatic carbocycles. The first-order valence-electron chi connectivity index (χ1n) is 6.14. The monoisotopic (exact) mass is 290 g/mol. The molecule has 0 spiro atoms. The van der Waals surface area contributed by atoms with Crippen LogP contribution in [0.25, 0.3) is 0 Å². The third-order valence-corrected chi connectivity index (χ3v) is 5.28. The van der Waals surface area contributed by atoms with Crippen LogP contribution in [0, 0.1) is 11.6 Å². The summed E-state index contributed by atoms with van der Waals surface area (Å²) in [6.45, 7) is 0.260. The van der Waals surface area contributed by atoms with Crippen molar-refractivity contribution in [2.45, 2.75) is 30.2 Å². The van der Waals surface area contributed by atoms with Crippen LogP contribution in [0.15, 0.2) is 23.1 Å². The molecular formula is C12H16F2N2O2S. The molecule has 0 unspecified atom stereocenters. The zero-order valence-corrected chi connectivity index (χ0v) is 11.2. The minimum absolute atomic E-state index is 0.114. The number of sulfonamides is 1. The number of hydrogen-bond acceptors (Lipinski definition) is 3. The lowest BCUT2D eigenvalue weighted by Crippen LogP contribution is -2.46. The average molecular weight is 290 g/mol. The number of halogens is 2. The molecule has 2 rings (SSSR count). The van der Waals surface area contributed by atoms with Crippen molar-refractivity contribution in [2.75, 3.05) is 13.1 Å². The van der Waals surface area contributed by atoms with Crippen molar-refractivity contribution in [3.05, 3.63) is 29.8 Å². The van der Waals surface area contributed by atoms with Crippen molar-refractivity contribution >= 4 is 10.0 Å². The minimum atomic E-state index is -4.04. The lowest BCUT2D eigenvalue weighted by atomic mass is 9.93. The molecule has 0 aliphatic heterocycles. The van der Waals surface area contributed by atoms with Gasteiger partial charge in [-0.2, -0.15) is 4.31 Å². The predicted octanol–water partition coefficient (Wildman–Crippen LogP) is 1.47. The summed E-state index contributed by atoms with van der Waals surface area (Å²) in [4.78, 5) is -0.618. The number of benzene rings is 1. The summed E-state index contributed by atoms with van der Waals surface area (Å²) in [6, 6.07) is 2.28. The summed E-state index contributed by atoms with van der Waals surface area (Å²) >= 11 is 0. The van der Waals surface area contributed by atoms with Gasteiger partial charge in [-0.3, -0.25) is 0 Å². The second kappa shape index (κ2) is 5.52. The summed E-state index contributed by atoms with van der Waals surface area (Å²) in [6.07, 6.45) is 2.40. The van der Waals surface area contributed by atoms with Crippen LogP contribution < -0.4 is 5.73 Å². The fourth-order valence-electron chi connectivity index (χ4n) is 2.10. The Labute approximate surface area is 111 Å². The maximum atomic E-state index is 13.6. The number of hydrogen-bond donors (Lipinski definition) is 1. The molecule has 0 saturated heterocycles. The van der Waals surface area contributed by atoms with Gasteiger partial charge in [0, 0.05) is 19.1 Å². The van der Waals surface area contributed by atoms with E-state index in [1.54, 1.807) is 0 Å². The highest BCUT2D eigenvalue weighted by Gasteiger charge is 2.35. The van der Waals surface area contributed by atoms with Crippen molar-refractivity contribution in [3.8, 4) is 0 Å². The molecule has 1 fully saturated rings. The van der Waals surface area contributed by atoms with E-state index in [1.165, 1.54) is 4.31 Å². The van der Waals surface area contributed by atoms with E-state index in [4.69, 9.17) is 5.73 Å². The number of rotatable bonds is 5. The lowest BCUT2D eigenvalue weighted by molar-refractivity contribution is 0.222. The van der Waals surface area contributed by atoms with Crippen LogP contribution in [0.1, 0.15) is 19.3 Å². The summed E-state index contributed by atoms with van der Waals surface area (Å²) in [5, 5.41) is 0. The summed E-state index contributed by atoms with van der Waals surface area (Å²) in [7, 11) is -4.04. The van der Waals surface area contributed by atoms with Crippen molar-refractivity contribution in [3.63, 3.8) is 0 Å². The maximum Gasteiger partial charge on any atom is 0.246 e. The Morgan fingerprint density at radius 3 is 2.53 bits per heavy atom. The maximum absolute atomic E-state index is 13.6. The summed E-state index contributed by atoms with van der Waals surface area (Å²) in [5.41, 5.74) is 5.41. The van der Waals surface area contributed by atoms with Gasteiger partial charge >= 0.3 is 0 Å². The Balaban J connectivity index is 2.40. The number of nitrogens with two attached hydrogens (primary N) is 1. The Morgan fingerprint density at radius 2 is 2.00 bits per heavy atom. The average Bonchev–Trinajstić information content (AvgIpc) is 2.29. The first kappa shape index (κ1) is 14.4. The highest BCUT2D eigenvalue weighted by Crippen LogP contribution is 2.30. The fourth-order valence-corrected chi connectivity index (χ4v) is 3.88. The van der Waals surface area contributed by atoms with Crippen molar-refractivity contribution < 1.29 is 17.2 Å². The van der Waals surface area contributed by atoms with Crippen LogP contribution in [-0.2, 0) is 10.0 Å². The highest BCUT2D eigenvalue weighted by atomic mass is 32.2. The van der Waals surface area contributed by atoms with E-state index < -0.39 is 26.6 Å². The van der Waals surface area contributed by atoms with Gasteiger partial charge in [0.1, 0.15) is 16.5 Å². The van der Waals surface area contributed by atoms with E-state index in [0.717, 1.165) is 31.4 Å². The zero-order valence-electron chi connectivity index (χ0n) is 10.4. The SMILES string of the molecule is NCCN(C1CCC1)S(=O)(=O)c1cc(F)ccc1F. The van der Waals surface area contributed by atoms with Gasteiger partial charge in [0.2, 0.25) is 10.0 Å². The Morgan fingerprint density at radius 1 is 1.32 bits per heavy atom. The highest BCUT2D eigenvalue weighted by molar-refractivity contribution is 7.89. The first-order valence-corrected chi connectivity index (χ1v) is 7.58. The second-order valence-electron chi connectivity index (χ2n) is 4.56. The topological polar surface area (TPSA) is 63.4 Å². The molecule has 4 nitrogen and oxygen atoms in total. The van der Waals surface area contributed by atoms with Crippen LogP contribution in [0.4, 0.5) is 8.78 Å². The van der Waals surface area contributed by atoms with Gasteiger partial charge in [0.25, 0.3) is 0 Å². The van der Waals surface area contributed by atoms with E-state index in [-0.39, 0.29) is 19.1 Å². The van der Waals surface area contributed by atoms with Gasteiger partial charge in [0.15, 0.2) is 0 Å². The van der Waals surface area contributed by atoms with Crippen LogP contribution >= 0.6 is 0 Å². The molecule has 0 aromatic heterocycles. The number of nitrogens with zero attached hydrogens (tertiary/aromatic N) is 1. The van der Waals surface area contributed by atoms with Crippen molar-refractivity contribution in [1.82, 2.24) is 4.31 Å². The fraction of sp³-hybridized carbons (Fsp3) is 0.500. The molecule has 1 saturated carbocycles. The molecule has 0 bridgehead atoms. The molecule has 0 radical (unpaired) electrons. The summed E-state index contributed by atoms with van der Waals surface area (Å²) in [5.74, 6) is -1.72. The van der Waals surface area contributed by atoms with Gasteiger partial charge in [-0.25, -0.2) is 17.2 Å². The Kier molecular flexibility index (Phi) is 4.17. The summed E-state index contributed by atoms with van der Waals surface area (Å²) < 4.78 is 52.8. The van der Waals surface area contributed by atoms with Crippen LogP contribution in [-0.4, -0.2) is 31.9 Å². The van der Waals surface area contributed by atoms with E-state index in [0.29, 0.717) is 6.07 Å². The van der Waals surface area contributed by atoms with E-state index in [2.05, 4.69) is 0 Å². The zero-order chi connectivity index (χ0) is 14.0. The molecule has 19 heavy (non-hydrogen) atoms. The first-order chi connectivity index (χ1) is 8.96.